The number of carbonyl (C=O) groups excluding carboxylic acids is 1. The van der Waals surface area contributed by atoms with Gasteiger partial charge in [-0.05, 0) is 55.0 Å². The predicted octanol–water partition coefficient (Wildman–Crippen LogP) is 3.84. The Hall–Kier alpha value is -3.07. The van der Waals surface area contributed by atoms with Crippen molar-refractivity contribution >= 4 is 28.3 Å². The van der Waals surface area contributed by atoms with Gasteiger partial charge in [-0.3, -0.25) is 20.2 Å². The lowest BCUT2D eigenvalue weighted by molar-refractivity contribution is -0.380. The van der Waals surface area contributed by atoms with E-state index < -0.39 is 10.8 Å². The number of hydrogen-bond donors (Lipinski definition) is 1. The molecule has 2 heterocycles. The summed E-state index contributed by atoms with van der Waals surface area (Å²) in [5.74, 6) is -0.199. The molecular weight excluding hydrogens is 356 g/mol. The zero-order chi connectivity index (χ0) is 18.1. The van der Waals surface area contributed by atoms with E-state index in [9.17, 15) is 14.9 Å². The summed E-state index contributed by atoms with van der Waals surface area (Å²) in [5, 5.41) is 20.9. The fourth-order valence-corrected chi connectivity index (χ4v) is 3.68. The van der Waals surface area contributed by atoms with Crippen LogP contribution in [0.1, 0.15) is 33.6 Å². The maximum absolute atomic E-state index is 12.1. The van der Waals surface area contributed by atoms with Crippen molar-refractivity contribution in [1.82, 2.24) is 10.2 Å². The van der Waals surface area contributed by atoms with Crippen molar-refractivity contribution in [2.24, 2.45) is 0 Å². The molecule has 1 amide bonds. The Morgan fingerprint density at radius 1 is 1.15 bits per heavy atom. The Balaban J connectivity index is 1.50. The van der Waals surface area contributed by atoms with E-state index in [0.717, 1.165) is 29.7 Å². The van der Waals surface area contributed by atoms with Crippen LogP contribution in [0.25, 0.3) is 11.5 Å². The molecule has 8 nitrogen and oxygen atoms in total. The molecule has 4 rings (SSSR count). The Morgan fingerprint density at radius 2 is 1.96 bits per heavy atom. The fraction of sp³-hybridized carbons (Fsp3) is 0.235. The van der Waals surface area contributed by atoms with Crippen LogP contribution in [0.5, 0.6) is 0 Å². The molecule has 1 N–H and O–H groups in total. The lowest BCUT2D eigenvalue weighted by Crippen LogP contribution is -2.10. The minimum absolute atomic E-state index is 0.0428. The number of fused-ring (bicyclic) bond motifs is 1. The van der Waals surface area contributed by atoms with Gasteiger partial charge in [-0.2, -0.15) is 0 Å². The van der Waals surface area contributed by atoms with E-state index in [-0.39, 0.29) is 15.9 Å². The second-order valence-corrected chi connectivity index (χ2v) is 7.01. The molecule has 1 aliphatic carbocycles. The van der Waals surface area contributed by atoms with Crippen molar-refractivity contribution < 1.29 is 14.1 Å². The van der Waals surface area contributed by atoms with Gasteiger partial charge in [0.15, 0.2) is 0 Å². The topological polar surface area (TPSA) is 111 Å². The van der Waals surface area contributed by atoms with Gasteiger partial charge in [0, 0.05) is 11.6 Å². The molecule has 0 saturated heterocycles. The van der Waals surface area contributed by atoms with Crippen molar-refractivity contribution in [3.63, 3.8) is 0 Å². The number of aromatic nitrogens is 2. The number of nitrogens with zero attached hydrogens (tertiary/aromatic N) is 3. The van der Waals surface area contributed by atoms with Crippen molar-refractivity contribution in [3.8, 4) is 11.5 Å². The quantitative estimate of drug-likeness (QED) is 0.552. The third-order valence-electron chi connectivity index (χ3n) is 4.24. The van der Waals surface area contributed by atoms with Crippen LogP contribution >= 0.6 is 11.3 Å². The molecule has 0 radical (unpaired) electrons. The molecule has 1 aromatic carbocycles. The molecule has 0 bridgehead atoms. The first-order valence-corrected chi connectivity index (χ1v) is 8.93. The third kappa shape index (κ3) is 3.21. The van der Waals surface area contributed by atoms with Gasteiger partial charge in [0.1, 0.15) is 0 Å². The lowest BCUT2D eigenvalue weighted by atomic mass is 9.90. The van der Waals surface area contributed by atoms with Crippen LogP contribution < -0.4 is 5.32 Å². The van der Waals surface area contributed by atoms with Crippen molar-refractivity contribution in [1.29, 1.82) is 0 Å². The number of hydrogen-bond acceptors (Lipinski definition) is 7. The molecular formula is C17H14N4O4S. The summed E-state index contributed by atoms with van der Waals surface area (Å²) in [6.45, 7) is 0. The number of nitrogens with one attached hydrogen (secondary N) is 1. The van der Waals surface area contributed by atoms with Crippen LogP contribution in [0.2, 0.25) is 0 Å². The van der Waals surface area contributed by atoms with E-state index in [4.69, 9.17) is 4.42 Å². The Labute approximate surface area is 152 Å². The largest absolute Gasteiger partial charge is 0.403 e. The predicted molar refractivity (Wildman–Crippen MR) is 95.3 cm³/mol. The molecule has 0 spiro atoms. The normalized spacial score (nSPS) is 13.2. The number of benzene rings is 1. The van der Waals surface area contributed by atoms with E-state index in [1.165, 1.54) is 36.1 Å². The number of aryl methyl sites for hydroxylation is 2. The molecule has 0 aliphatic heterocycles. The average molecular weight is 370 g/mol. The van der Waals surface area contributed by atoms with Crippen LogP contribution in [0.4, 0.5) is 11.0 Å². The standard InChI is InChI=1S/C17H14N4O4S/c22-15(13-7-8-14(26-13)21(23)24)18-17-20-19-16(25-17)12-6-5-10-3-1-2-4-11(10)9-12/h5-9H,1-4H2,(H,18,20,22). The zero-order valence-corrected chi connectivity index (χ0v) is 14.4. The molecule has 3 aromatic rings. The maximum Gasteiger partial charge on any atom is 0.324 e. The van der Waals surface area contributed by atoms with E-state index in [1.54, 1.807) is 0 Å². The second-order valence-electron chi connectivity index (χ2n) is 5.95. The molecule has 0 atom stereocenters. The number of thiophene rings is 1. The third-order valence-corrected chi connectivity index (χ3v) is 5.27. The average Bonchev–Trinajstić information content (AvgIpc) is 3.31. The van der Waals surface area contributed by atoms with Gasteiger partial charge in [-0.25, -0.2) is 0 Å². The van der Waals surface area contributed by atoms with Crippen LogP contribution in [0, 0.1) is 10.1 Å². The Kier molecular flexibility index (Phi) is 4.21. The highest BCUT2D eigenvalue weighted by molar-refractivity contribution is 7.17. The molecule has 0 unspecified atom stereocenters. The highest BCUT2D eigenvalue weighted by atomic mass is 32.1. The van der Waals surface area contributed by atoms with Crippen LogP contribution in [-0.2, 0) is 12.8 Å². The van der Waals surface area contributed by atoms with E-state index >= 15 is 0 Å². The molecule has 9 heteroatoms. The van der Waals surface area contributed by atoms with Crippen molar-refractivity contribution in [2.75, 3.05) is 5.32 Å². The summed E-state index contributed by atoms with van der Waals surface area (Å²) < 4.78 is 5.52. The monoisotopic (exact) mass is 370 g/mol. The molecule has 132 valence electrons. The van der Waals surface area contributed by atoms with Crippen molar-refractivity contribution in [2.45, 2.75) is 25.7 Å². The molecule has 0 saturated carbocycles. The first-order chi connectivity index (χ1) is 12.6. The lowest BCUT2D eigenvalue weighted by Gasteiger charge is -2.15. The van der Waals surface area contributed by atoms with Gasteiger partial charge >= 0.3 is 11.0 Å². The van der Waals surface area contributed by atoms with Crippen LogP contribution in [0.15, 0.2) is 34.7 Å². The zero-order valence-electron chi connectivity index (χ0n) is 13.6. The van der Waals surface area contributed by atoms with Gasteiger partial charge in [0.05, 0.1) is 9.80 Å². The Morgan fingerprint density at radius 3 is 2.73 bits per heavy atom. The second kappa shape index (κ2) is 6.68. The first-order valence-electron chi connectivity index (χ1n) is 8.11. The van der Waals surface area contributed by atoms with E-state index in [0.29, 0.717) is 5.89 Å². The summed E-state index contributed by atoms with van der Waals surface area (Å²) >= 11 is 0.786. The number of rotatable bonds is 4. The van der Waals surface area contributed by atoms with Gasteiger partial charge in [-0.15, -0.1) is 5.10 Å². The summed E-state index contributed by atoms with van der Waals surface area (Å²) in [7, 11) is 0. The molecule has 2 aromatic heterocycles. The van der Waals surface area contributed by atoms with Gasteiger partial charge in [0.25, 0.3) is 5.91 Å². The summed E-state index contributed by atoms with van der Waals surface area (Å²) in [4.78, 5) is 22.5. The van der Waals surface area contributed by atoms with Gasteiger partial charge < -0.3 is 4.42 Å². The highest BCUT2D eigenvalue weighted by Gasteiger charge is 2.18. The number of carbonyl (C=O) groups is 1. The fourth-order valence-electron chi connectivity index (χ4n) is 2.96. The SMILES string of the molecule is O=C(Nc1nnc(-c2ccc3c(c2)CCCC3)o1)c1ccc([N+](=O)[O-])s1. The minimum Gasteiger partial charge on any atom is -0.403 e. The van der Waals surface area contributed by atoms with E-state index in [1.807, 2.05) is 6.07 Å². The minimum atomic E-state index is -0.539. The van der Waals surface area contributed by atoms with Crippen molar-refractivity contribution in [3.05, 3.63) is 56.5 Å². The maximum atomic E-state index is 12.1. The van der Waals surface area contributed by atoms with Gasteiger partial charge in [0.2, 0.25) is 5.89 Å². The van der Waals surface area contributed by atoms with Crippen LogP contribution in [-0.4, -0.2) is 21.0 Å². The first kappa shape index (κ1) is 16.4. The summed E-state index contributed by atoms with van der Waals surface area (Å²) in [5.41, 5.74) is 3.46. The number of anilines is 1. The summed E-state index contributed by atoms with van der Waals surface area (Å²) in [6.07, 6.45) is 4.52. The highest BCUT2D eigenvalue weighted by Crippen LogP contribution is 2.28. The molecule has 0 fully saturated rings. The summed E-state index contributed by atoms with van der Waals surface area (Å²) in [6, 6.07) is 8.70. The van der Waals surface area contributed by atoms with Crippen LogP contribution in [0.3, 0.4) is 0 Å². The number of nitro groups is 1. The Bertz CT molecular complexity index is 994. The van der Waals surface area contributed by atoms with Gasteiger partial charge in [-0.1, -0.05) is 22.5 Å². The smallest absolute Gasteiger partial charge is 0.324 e. The number of amides is 1. The molecule has 26 heavy (non-hydrogen) atoms. The molecule has 1 aliphatic rings. The van der Waals surface area contributed by atoms with E-state index in [2.05, 4.69) is 27.6 Å².